The number of benzene rings is 2. The number of hydrogen-bond acceptors (Lipinski definition) is 4. The lowest BCUT2D eigenvalue weighted by Crippen LogP contribution is -2.49. The smallest absolute Gasteiger partial charge is 0.243 e. The molecule has 3 rings (SSSR count). The monoisotopic (exact) mass is 388 g/mol. The lowest BCUT2D eigenvalue weighted by atomic mass is 10.1. The number of methoxy groups -OCH3 is 1. The van der Waals surface area contributed by atoms with Gasteiger partial charge in [0.2, 0.25) is 10.0 Å². The minimum Gasteiger partial charge on any atom is -0.496 e. The van der Waals surface area contributed by atoms with Crippen molar-refractivity contribution >= 4 is 10.0 Å². The van der Waals surface area contributed by atoms with Crippen molar-refractivity contribution in [3.8, 4) is 5.75 Å². The van der Waals surface area contributed by atoms with Crippen LogP contribution in [0.5, 0.6) is 5.75 Å². The fraction of sp³-hybridized carbons (Fsp3) is 0.429. The molecule has 1 aliphatic heterocycles. The van der Waals surface area contributed by atoms with Crippen molar-refractivity contribution < 1.29 is 13.2 Å². The van der Waals surface area contributed by atoms with Crippen LogP contribution in [-0.4, -0.2) is 57.5 Å². The Morgan fingerprint density at radius 3 is 2.26 bits per heavy atom. The van der Waals surface area contributed by atoms with Gasteiger partial charge in [0, 0.05) is 32.7 Å². The Morgan fingerprint density at radius 2 is 1.63 bits per heavy atom. The molecule has 0 N–H and O–H groups in total. The molecule has 2 aromatic carbocycles. The number of sulfonamides is 1. The molecule has 1 fully saturated rings. The van der Waals surface area contributed by atoms with Gasteiger partial charge < -0.3 is 9.64 Å². The van der Waals surface area contributed by atoms with Gasteiger partial charge in [-0.15, -0.1) is 0 Å². The third-order valence-electron chi connectivity index (χ3n) is 5.19. The number of rotatable bonds is 7. The van der Waals surface area contributed by atoms with Crippen molar-refractivity contribution in [3.05, 3.63) is 59.7 Å². The first-order chi connectivity index (χ1) is 13.0. The van der Waals surface area contributed by atoms with Crippen LogP contribution in [0.1, 0.15) is 18.1 Å². The number of para-hydroxylation sites is 1. The van der Waals surface area contributed by atoms with Crippen molar-refractivity contribution in [2.24, 2.45) is 0 Å². The molecular weight excluding hydrogens is 360 g/mol. The van der Waals surface area contributed by atoms with Gasteiger partial charge in [0.25, 0.3) is 0 Å². The predicted octanol–water partition coefficient (Wildman–Crippen LogP) is 2.81. The quantitative estimate of drug-likeness (QED) is 0.732. The number of aryl methyl sites for hydroxylation is 1. The minimum absolute atomic E-state index is 0.391. The van der Waals surface area contributed by atoms with Crippen LogP contribution >= 0.6 is 0 Å². The SMILES string of the molecule is CCc1ccc(S(=O)(=O)N2CCN(CCc3ccccc3OC)CC2)cc1. The average molecular weight is 389 g/mol. The van der Waals surface area contributed by atoms with Gasteiger partial charge >= 0.3 is 0 Å². The predicted molar refractivity (Wildman–Crippen MR) is 108 cm³/mol. The van der Waals surface area contributed by atoms with Gasteiger partial charge in [0.1, 0.15) is 5.75 Å². The van der Waals surface area contributed by atoms with Crippen LogP contribution in [0.2, 0.25) is 0 Å². The number of hydrogen-bond donors (Lipinski definition) is 0. The van der Waals surface area contributed by atoms with Crippen LogP contribution in [0.4, 0.5) is 0 Å². The van der Waals surface area contributed by atoms with Gasteiger partial charge in [-0.3, -0.25) is 0 Å². The Morgan fingerprint density at radius 1 is 0.963 bits per heavy atom. The largest absolute Gasteiger partial charge is 0.496 e. The third kappa shape index (κ3) is 4.69. The van der Waals surface area contributed by atoms with Gasteiger partial charge in [-0.05, 0) is 42.2 Å². The maximum Gasteiger partial charge on any atom is 0.243 e. The summed E-state index contributed by atoms with van der Waals surface area (Å²) in [5.41, 5.74) is 2.33. The first kappa shape index (κ1) is 19.9. The first-order valence-corrected chi connectivity index (χ1v) is 10.9. The highest BCUT2D eigenvalue weighted by molar-refractivity contribution is 7.89. The van der Waals surface area contributed by atoms with Crippen LogP contribution in [0.25, 0.3) is 0 Å². The van der Waals surface area contributed by atoms with Crippen LogP contribution in [-0.2, 0) is 22.9 Å². The van der Waals surface area contributed by atoms with E-state index in [1.807, 2.05) is 30.3 Å². The Kier molecular flexibility index (Phi) is 6.52. The van der Waals surface area contributed by atoms with Gasteiger partial charge in [0.15, 0.2) is 0 Å². The summed E-state index contributed by atoms with van der Waals surface area (Å²) in [5.74, 6) is 0.911. The van der Waals surface area contributed by atoms with Crippen LogP contribution in [0.3, 0.4) is 0 Å². The van der Waals surface area contributed by atoms with Crippen LogP contribution < -0.4 is 4.74 Å². The summed E-state index contributed by atoms with van der Waals surface area (Å²) in [4.78, 5) is 2.71. The van der Waals surface area contributed by atoms with E-state index in [0.717, 1.165) is 43.8 Å². The van der Waals surface area contributed by atoms with Crippen molar-refractivity contribution in [2.75, 3.05) is 39.8 Å². The number of ether oxygens (including phenoxy) is 1. The molecule has 0 unspecified atom stereocenters. The molecule has 0 atom stereocenters. The molecule has 5 nitrogen and oxygen atoms in total. The van der Waals surface area contributed by atoms with Crippen LogP contribution in [0, 0.1) is 0 Å². The van der Waals surface area contributed by atoms with E-state index in [0.29, 0.717) is 18.0 Å². The van der Waals surface area contributed by atoms with E-state index in [9.17, 15) is 8.42 Å². The number of nitrogens with zero attached hydrogens (tertiary/aromatic N) is 2. The molecule has 27 heavy (non-hydrogen) atoms. The molecule has 0 amide bonds. The Bertz CT molecular complexity index is 842. The molecule has 2 aromatic rings. The Hall–Kier alpha value is -1.89. The van der Waals surface area contributed by atoms with Crippen molar-refractivity contribution in [1.82, 2.24) is 9.21 Å². The first-order valence-electron chi connectivity index (χ1n) is 9.48. The second-order valence-electron chi connectivity index (χ2n) is 6.81. The van der Waals surface area contributed by atoms with E-state index in [-0.39, 0.29) is 0 Å². The molecular formula is C21H28N2O3S. The molecule has 0 spiro atoms. The molecule has 1 saturated heterocycles. The highest BCUT2D eigenvalue weighted by Crippen LogP contribution is 2.20. The normalized spacial score (nSPS) is 16.4. The van der Waals surface area contributed by atoms with E-state index in [1.165, 1.54) is 5.56 Å². The summed E-state index contributed by atoms with van der Waals surface area (Å²) in [6.45, 7) is 5.53. The Labute approximate surface area is 162 Å². The molecule has 0 bridgehead atoms. The standard InChI is InChI=1S/C21H28N2O3S/c1-3-18-8-10-20(11-9-18)27(24,25)23-16-14-22(15-17-23)13-12-19-6-4-5-7-21(19)26-2/h4-11H,3,12-17H2,1-2H3. The van der Waals surface area contributed by atoms with E-state index >= 15 is 0 Å². The summed E-state index contributed by atoms with van der Waals surface area (Å²) in [6, 6.07) is 15.3. The fourth-order valence-electron chi connectivity index (χ4n) is 3.43. The summed E-state index contributed by atoms with van der Waals surface area (Å²) < 4.78 is 32.7. The second-order valence-corrected chi connectivity index (χ2v) is 8.74. The average Bonchev–Trinajstić information content (AvgIpc) is 2.72. The summed E-state index contributed by atoms with van der Waals surface area (Å²) in [7, 11) is -1.71. The molecule has 1 heterocycles. The van der Waals surface area contributed by atoms with E-state index in [2.05, 4.69) is 17.9 Å². The maximum atomic E-state index is 12.8. The van der Waals surface area contributed by atoms with Crippen molar-refractivity contribution in [3.63, 3.8) is 0 Å². The summed E-state index contributed by atoms with van der Waals surface area (Å²) in [6.07, 6.45) is 1.81. The highest BCUT2D eigenvalue weighted by atomic mass is 32.2. The maximum absolute atomic E-state index is 12.8. The van der Waals surface area contributed by atoms with Gasteiger partial charge in [0.05, 0.1) is 12.0 Å². The second kappa shape index (κ2) is 8.87. The fourth-order valence-corrected chi connectivity index (χ4v) is 4.85. The van der Waals surface area contributed by atoms with Gasteiger partial charge in [-0.1, -0.05) is 37.3 Å². The Balaban J connectivity index is 1.56. The van der Waals surface area contributed by atoms with Crippen molar-refractivity contribution in [1.29, 1.82) is 0 Å². The van der Waals surface area contributed by atoms with Crippen molar-refractivity contribution in [2.45, 2.75) is 24.7 Å². The zero-order chi connectivity index (χ0) is 19.3. The molecule has 1 aliphatic rings. The molecule has 0 aromatic heterocycles. The van der Waals surface area contributed by atoms with E-state index < -0.39 is 10.0 Å². The zero-order valence-electron chi connectivity index (χ0n) is 16.1. The van der Waals surface area contributed by atoms with Gasteiger partial charge in [-0.25, -0.2) is 8.42 Å². The van der Waals surface area contributed by atoms with E-state index in [1.54, 1.807) is 23.5 Å². The minimum atomic E-state index is -3.40. The number of piperazine rings is 1. The summed E-state index contributed by atoms with van der Waals surface area (Å²) >= 11 is 0. The molecule has 6 heteroatoms. The summed E-state index contributed by atoms with van der Waals surface area (Å²) in [5, 5.41) is 0. The zero-order valence-corrected chi connectivity index (χ0v) is 16.9. The highest BCUT2D eigenvalue weighted by Gasteiger charge is 2.28. The van der Waals surface area contributed by atoms with Gasteiger partial charge in [-0.2, -0.15) is 4.31 Å². The molecule has 146 valence electrons. The molecule has 0 radical (unpaired) electrons. The lowest BCUT2D eigenvalue weighted by Gasteiger charge is -2.34. The van der Waals surface area contributed by atoms with E-state index in [4.69, 9.17) is 4.74 Å². The molecule has 0 aliphatic carbocycles. The topological polar surface area (TPSA) is 49.9 Å². The van der Waals surface area contributed by atoms with Crippen LogP contribution in [0.15, 0.2) is 53.4 Å². The molecule has 0 saturated carbocycles. The third-order valence-corrected chi connectivity index (χ3v) is 7.10. The lowest BCUT2D eigenvalue weighted by molar-refractivity contribution is 0.190.